The molecule has 0 saturated carbocycles. The van der Waals surface area contributed by atoms with Gasteiger partial charge in [0.05, 0.1) is 33.3 Å². The molecule has 0 aromatic heterocycles. The van der Waals surface area contributed by atoms with Gasteiger partial charge < -0.3 is 19.5 Å². The van der Waals surface area contributed by atoms with E-state index in [0.717, 1.165) is 11.1 Å². The van der Waals surface area contributed by atoms with Crippen LogP contribution in [0.5, 0.6) is 11.5 Å². The third-order valence-corrected chi connectivity index (χ3v) is 3.92. The highest BCUT2D eigenvalue weighted by Crippen LogP contribution is 2.27. The Balaban J connectivity index is 1.83. The second kappa shape index (κ2) is 9.46. The van der Waals surface area contributed by atoms with Gasteiger partial charge in [-0.25, -0.2) is 4.79 Å². The molecule has 0 aliphatic heterocycles. The highest BCUT2D eigenvalue weighted by molar-refractivity contribution is 5.89. The van der Waals surface area contributed by atoms with Crippen molar-refractivity contribution in [2.24, 2.45) is 0 Å². The molecule has 0 aliphatic carbocycles. The maximum absolute atomic E-state index is 12.1. The Morgan fingerprint density at radius 1 is 0.885 bits per heavy atom. The normalized spacial score (nSPS) is 10.1. The number of rotatable bonds is 8. The summed E-state index contributed by atoms with van der Waals surface area (Å²) in [5.41, 5.74) is 2.39. The van der Waals surface area contributed by atoms with E-state index in [1.807, 2.05) is 18.2 Å². The predicted octanol–water partition coefficient (Wildman–Crippen LogP) is 2.39. The first kappa shape index (κ1) is 19.3. The molecule has 0 saturated heterocycles. The smallest absolute Gasteiger partial charge is 0.337 e. The van der Waals surface area contributed by atoms with Crippen molar-refractivity contribution < 1.29 is 23.8 Å². The average molecular weight is 357 g/mol. The van der Waals surface area contributed by atoms with Gasteiger partial charge >= 0.3 is 5.97 Å². The Kier molecular flexibility index (Phi) is 7.02. The lowest BCUT2D eigenvalue weighted by Crippen LogP contribution is -2.27. The third-order valence-electron chi connectivity index (χ3n) is 3.92. The van der Waals surface area contributed by atoms with Crippen molar-refractivity contribution in [2.45, 2.75) is 12.8 Å². The van der Waals surface area contributed by atoms with E-state index < -0.39 is 0 Å². The Bertz CT molecular complexity index is 755. The molecule has 0 spiro atoms. The molecule has 0 heterocycles. The lowest BCUT2D eigenvalue weighted by Gasteiger charge is -2.10. The van der Waals surface area contributed by atoms with Crippen LogP contribution in [0.15, 0.2) is 42.5 Å². The molecule has 0 aliphatic rings. The summed E-state index contributed by atoms with van der Waals surface area (Å²) in [5.74, 6) is 0.804. The zero-order chi connectivity index (χ0) is 18.9. The van der Waals surface area contributed by atoms with Crippen molar-refractivity contribution in [2.75, 3.05) is 27.9 Å². The molecule has 0 unspecified atom stereocenters. The highest BCUT2D eigenvalue weighted by Gasteiger charge is 2.08. The molecule has 1 amide bonds. The van der Waals surface area contributed by atoms with Gasteiger partial charge in [0, 0.05) is 6.54 Å². The Labute approximate surface area is 153 Å². The van der Waals surface area contributed by atoms with E-state index in [1.54, 1.807) is 38.5 Å². The van der Waals surface area contributed by atoms with E-state index in [0.29, 0.717) is 30.0 Å². The lowest BCUT2D eigenvalue weighted by molar-refractivity contribution is -0.120. The lowest BCUT2D eigenvalue weighted by atomic mass is 10.1. The zero-order valence-corrected chi connectivity index (χ0v) is 15.2. The van der Waals surface area contributed by atoms with Gasteiger partial charge in [-0.2, -0.15) is 0 Å². The van der Waals surface area contributed by atoms with Crippen molar-refractivity contribution in [1.29, 1.82) is 0 Å². The largest absolute Gasteiger partial charge is 0.493 e. The zero-order valence-electron chi connectivity index (χ0n) is 15.2. The second-order valence-corrected chi connectivity index (χ2v) is 5.65. The SMILES string of the molecule is COC(=O)c1ccc(CCNC(=O)Cc2ccc(OC)c(OC)c2)cc1. The number of carbonyl (C=O) groups is 2. The minimum absolute atomic E-state index is 0.0663. The second-order valence-electron chi connectivity index (χ2n) is 5.65. The van der Waals surface area contributed by atoms with E-state index in [2.05, 4.69) is 10.1 Å². The molecule has 26 heavy (non-hydrogen) atoms. The maximum Gasteiger partial charge on any atom is 0.337 e. The fraction of sp³-hybridized carbons (Fsp3) is 0.300. The number of carbonyl (C=O) groups excluding carboxylic acids is 2. The first-order valence-corrected chi connectivity index (χ1v) is 8.22. The van der Waals surface area contributed by atoms with Gasteiger partial charge in [-0.3, -0.25) is 4.79 Å². The molecule has 6 nitrogen and oxygen atoms in total. The molecule has 6 heteroatoms. The molecule has 2 rings (SSSR count). The first-order chi connectivity index (χ1) is 12.6. The topological polar surface area (TPSA) is 73.9 Å². The highest BCUT2D eigenvalue weighted by atomic mass is 16.5. The molecule has 0 radical (unpaired) electrons. The third kappa shape index (κ3) is 5.24. The van der Waals surface area contributed by atoms with Crippen molar-refractivity contribution >= 4 is 11.9 Å². The van der Waals surface area contributed by atoms with E-state index in [4.69, 9.17) is 9.47 Å². The number of benzene rings is 2. The van der Waals surface area contributed by atoms with Crippen LogP contribution in [-0.4, -0.2) is 39.8 Å². The van der Waals surface area contributed by atoms with Gasteiger partial charge in [0.1, 0.15) is 0 Å². The van der Waals surface area contributed by atoms with Crippen LogP contribution in [0.1, 0.15) is 21.5 Å². The molecular weight excluding hydrogens is 334 g/mol. The molecule has 0 bridgehead atoms. The quantitative estimate of drug-likeness (QED) is 0.735. The molecular formula is C20H23NO5. The van der Waals surface area contributed by atoms with Gasteiger partial charge in [0.15, 0.2) is 11.5 Å². The summed E-state index contributed by atoms with van der Waals surface area (Å²) in [6, 6.07) is 12.6. The summed E-state index contributed by atoms with van der Waals surface area (Å²) in [7, 11) is 4.49. The van der Waals surface area contributed by atoms with Crippen LogP contribution in [-0.2, 0) is 22.4 Å². The molecule has 0 atom stereocenters. The van der Waals surface area contributed by atoms with E-state index in [1.165, 1.54) is 7.11 Å². The van der Waals surface area contributed by atoms with Gasteiger partial charge in [0.2, 0.25) is 5.91 Å². The number of hydrogen-bond acceptors (Lipinski definition) is 5. The van der Waals surface area contributed by atoms with Crippen molar-refractivity contribution in [1.82, 2.24) is 5.32 Å². The van der Waals surface area contributed by atoms with Crippen LogP contribution >= 0.6 is 0 Å². The van der Waals surface area contributed by atoms with Gasteiger partial charge in [-0.05, 0) is 41.8 Å². The first-order valence-electron chi connectivity index (χ1n) is 8.22. The molecule has 0 fully saturated rings. The summed E-state index contributed by atoms with van der Waals surface area (Å²) in [6.45, 7) is 0.518. The monoisotopic (exact) mass is 357 g/mol. The maximum atomic E-state index is 12.1. The summed E-state index contributed by atoms with van der Waals surface area (Å²) < 4.78 is 15.1. The van der Waals surface area contributed by atoms with E-state index >= 15 is 0 Å². The molecule has 2 aromatic rings. The van der Waals surface area contributed by atoms with Crippen molar-refractivity contribution in [3.8, 4) is 11.5 Å². The fourth-order valence-corrected chi connectivity index (χ4v) is 2.51. The van der Waals surface area contributed by atoms with Crippen LogP contribution in [0.2, 0.25) is 0 Å². The minimum Gasteiger partial charge on any atom is -0.493 e. The molecule has 1 N–H and O–H groups in total. The summed E-state index contributed by atoms with van der Waals surface area (Å²) in [5, 5.41) is 2.89. The summed E-state index contributed by atoms with van der Waals surface area (Å²) in [6.07, 6.45) is 0.945. The van der Waals surface area contributed by atoms with E-state index in [9.17, 15) is 9.59 Å². The average Bonchev–Trinajstić information content (AvgIpc) is 2.67. The molecule has 2 aromatic carbocycles. The van der Waals surface area contributed by atoms with Crippen molar-refractivity contribution in [3.05, 3.63) is 59.2 Å². The van der Waals surface area contributed by atoms with E-state index in [-0.39, 0.29) is 18.3 Å². The number of hydrogen-bond donors (Lipinski definition) is 1. The Morgan fingerprint density at radius 3 is 2.15 bits per heavy atom. The van der Waals surface area contributed by atoms with Crippen molar-refractivity contribution in [3.63, 3.8) is 0 Å². The molecule has 138 valence electrons. The standard InChI is InChI=1S/C20H23NO5/c1-24-17-9-6-15(12-18(17)25-2)13-19(22)21-11-10-14-4-7-16(8-5-14)20(23)26-3/h4-9,12H,10-11,13H2,1-3H3,(H,21,22). The van der Waals surface area contributed by atoms with Crippen LogP contribution in [0.4, 0.5) is 0 Å². The van der Waals surface area contributed by atoms with Crippen LogP contribution in [0.25, 0.3) is 0 Å². The summed E-state index contributed by atoms with van der Waals surface area (Å²) >= 11 is 0. The van der Waals surface area contributed by atoms with Gasteiger partial charge in [-0.1, -0.05) is 18.2 Å². The Hall–Kier alpha value is -3.02. The Morgan fingerprint density at radius 2 is 1.54 bits per heavy atom. The van der Waals surface area contributed by atoms with Gasteiger partial charge in [0.25, 0.3) is 0 Å². The number of esters is 1. The van der Waals surface area contributed by atoms with Gasteiger partial charge in [-0.15, -0.1) is 0 Å². The predicted molar refractivity (Wildman–Crippen MR) is 97.7 cm³/mol. The summed E-state index contributed by atoms with van der Waals surface area (Å²) in [4.78, 5) is 23.5. The number of ether oxygens (including phenoxy) is 3. The number of amides is 1. The minimum atomic E-state index is -0.361. The number of methoxy groups -OCH3 is 3. The number of nitrogens with one attached hydrogen (secondary N) is 1. The van der Waals surface area contributed by atoms with Crippen LogP contribution in [0, 0.1) is 0 Å². The fourth-order valence-electron chi connectivity index (χ4n) is 2.51. The van der Waals surface area contributed by atoms with Crippen LogP contribution in [0.3, 0.4) is 0 Å². The van der Waals surface area contributed by atoms with Crippen LogP contribution < -0.4 is 14.8 Å².